The van der Waals surface area contributed by atoms with E-state index in [2.05, 4.69) is 5.16 Å². The summed E-state index contributed by atoms with van der Waals surface area (Å²) in [4.78, 5) is 21.9. The highest BCUT2D eigenvalue weighted by molar-refractivity contribution is 6.09. The summed E-state index contributed by atoms with van der Waals surface area (Å²) in [6, 6.07) is 6.54. The molecule has 1 aromatic carbocycles. The molecule has 0 aliphatic carbocycles. The zero-order valence-electron chi connectivity index (χ0n) is 8.59. The minimum Gasteiger partial charge on any atom is -0.409 e. The molecule has 84 valence electrons. The minimum absolute atomic E-state index is 0.116. The summed E-state index contributed by atoms with van der Waals surface area (Å²) in [6.07, 6.45) is 0.979. The number of nitrogens with two attached hydrogens (primary N) is 1. The van der Waals surface area contributed by atoms with Gasteiger partial charge in [0.25, 0.3) is 0 Å². The van der Waals surface area contributed by atoms with E-state index in [1.807, 2.05) is 0 Å². The Hall–Kier alpha value is -2.17. The van der Waals surface area contributed by atoms with Gasteiger partial charge in [0.05, 0.1) is 0 Å². The van der Waals surface area contributed by atoms with Crippen LogP contribution < -0.4 is 5.73 Å². The van der Waals surface area contributed by atoms with Gasteiger partial charge in [-0.15, -0.1) is 0 Å². The van der Waals surface area contributed by atoms with Gasteiger partial charge in [0.15, 0.2) is 11.6 Å². The molecule has 0 aliphatic rings. The Morgan fingerprint density at radius 3 is 2.56 bits per heavy atom. The van der Waals surface area contributed by atoms with Gasteiger partial charge in [-0.2, -0.15) is 0 Å². The first-order valence-electron chi connectivity index (χ1n) is 4.74. The molecule has 0 heterocycles. The van der Waals surface area contributed by atoms with Gasteiger partial charge < -0.3 is 15.7 Å². The van der Waals surface area contributed by atoms with E-state index in [9.17, 15) is 9.59 Å². The molecule has 1 aromatic rings. The van der Waals surface area contributed by atoms with Crippen LogP contribution in [0.5, 0.6) is 0 Å². The molecule has 16 heavy (non-hydrogen) atoms. The predicted molar refractivity (Wildman–Crippen MR) is 58.6 cm³/mol. The molecule has 0 aliphatic heterocycles. The molecule has 0 fully saturated rings. The van der Waals surface area contributed by atoms with E-state index in [0.29, 0.717) is 17.4 Å². The summed E-state index contributed by atoms with van der Waals surface area (Å²) in [5.74, 6) is -0.315. The smallest absolute Gasteiger partial charge is 0.170 e. The first-order chi connectivity index (χ1) is 7.70. The van der Waals surface area contributed by atoms with Gasteiger partial charge >= 0.3 is 0 Å². The lowest BCUT2D eigenvalue weighted by atomic mass is 10.0. The lowest BCUT2D eigenvalue weighted by molar-refractivity contribution is -0.107. The number of benzene rings is 1. The average molecular weight is 220 g/mol. The van der Waals surface area contributed by atoms with Crippen LogP contribution in [0.4, 0.5) is 0 Å². The van der Waals surface area contributed by atoms with Crippen LogP contribution in [0.15, 0.2) is 29.4 Å². The lowest BCUT2D eigenvalue weighted by Crippen LogP contribution is -2.17. The summed E-state index contributed by atoms with van der Waals surface area (Å²) in [6.45, 7) is 0. The van der Waals surface area contributed by atoms with Crippen LogP contribution in [0.2, 0.25) is 0 Å². The van der Waals surface area contributed by atoms with Crippen molar-refractivity contribution in [2.45, 2.75) is 12.8 Å². The van der Waals surface area contributed by atoms with E-state index in [1.165, 1.54) is 0 Å². The highest BCUT2D eigenvalue weighted by Gasteiger charge is 2.12. The van der Waals surface area contributed by atoms with Gasteiger partial charge in [0.2, 0.25) is 0 Å². The topological polar surface area (TPSA) is 92.8 Å². The second kappa shape index (κ2) is 5.65. The first-order valence-corrected chi connectivity index (χ1v) is 4.74. The number of amidine groups is 1. The largest absolute Gasteiger partial charge is 0.409 e. The van der Waals surface area contributed by atoms with Gasteiger partial charge in [-0.1, -0.05) is 29.4 Å². The van der Waals surface area contributed by atoms with E-state index in [1.54, 1.807) is 24.3 Å². The van der Waals surface area contributed by atoms with E-state index in [-0.39, 0.29) is 24.5 Å². The molecule has 5 heteroatoms. The molecular weight excluding hydrogens is 208 g/mol. The summed E-state index contributed by atoms with van der Waals surface area (Å²) in [5.41, 5.74) is 6.18. The van der Waals surface area contributed by atoms with Crippen molar-refractivity contribution in [1.82, 2.24) is 0 Å². The van der Waals surface area contributed by atoms with Gasteiger partial charge in [-0.3, -0.25) is 4.79 Å². The van der Waals surface area contributed by atoms with E-state index in [0.717, 1.165) is 0 Å². The molecule has 0 bridgehead atoms. The molecule has 0 amide bonds. The highest BCUT2D eigenvalue weighted by atomic mass is 16.4. The number of rotatable bonds is 5. The molecule has 0 radical (unpaired) electrons. The molecule has 1 rings (SSSR count). The molecule has 0 aromatic heterocycles. The molecule has 5 nitrogen and oxygen atoms in total. The normalized spacial score (nSPS) is 11.1. The molecule has 0 saturated heterocycles. The van der Waals surface area contributed by atoms with Gasteiger partial charge in [0, 0.05) is 24.0 Å². The maximum absolute atomic E-state index is 11.7. The van der Waals surface area contributed by atoms with Crippen molar-refractivity contribution in [3.05, 3.63) is 35.4 Å². The number of Topliss-reactive ketones (excluding diaryl/α,β-unsaturated/α-hetero) is 1. The zero-order valence-corrected chi connectivity index (χ0v) is 8.59. The Balaban J connectivity index is 3.03. The molecule has 0 saturated carbocycles. The van der Waals surface area contributed by atoms with E-state index in [4.69, 9.17) is 10.9 Å². The molecule has 0 spiro atoms. The fraction of sp³-hybridized carbons (Fsp3) is 0.182. The van der Waals surface area contributed by atoms with Crippen LogP contribution in [0.1, 0.15) is 28.8 Å². The number of carbonyl (C=O) groups excluding carboxylic acids is 2. The van der Waals surface area contributed by atoms with Crippen molar-refractivity contribution in [3.8, 4) is 0 Å². The second-order valence-electron chi connectivity index (χ2n) is 3.16. The predicted octanol–water partition coefficient (Wildman–Crippen LogP) is 0.943. The minimum atomic E-state index is -0.200. The monoisotopic (exact) mass is 220 g/mol. The van der Waals surface area contributed by atoms with Crippen LogP contribution in [-0.2, 0) is 4.79 Å². The molecule has 3 N–H and O–H groups in total. The summed E-state index contributed by atoms with van der Waals surface area (Å²) in [7, 11) is 0. The molecule has 0 unspecified atom stereocenters. The Bertz CT molecular complexity index is 427. The van der Waals surface area contributed by atoms with Crippen LogP contribution >= 0.6 is 0 Å². The fourth-order valence-electron chi connectivity index (χ4n) is 1.33. The lowest BCUT2D eigenvalue weighted by Gasteiger charge is -2.05. The Morgan fingerprint density at radius 2 is 2.00 bits per heavy atom. The van der Waals surface area contributed by atoms with Crippen molar-refractivity contribution < 1.29 is 14.8 Å². The Labute approximate surface area is 92.6 Å². The fourth-order valence-corrected chi connectivity index (χ4v) is 1.33. The van der Waals surface area contributed by atoms with Gasteiger partial charge in [0.1, 0.15) is 6.29 Å². The van der Waals surface area contributed by atoms with Gasteiger partial charge in [-0.25, -0.2) is 0 Å². The van der Waals surface area contributed by atoms with Crippen LogP contribution in [0.3, 0.4) is 0 Å². The maximum atomic E-state index is 11.7. The third-order valence-electron chi connectivity index (χ3n) is 2.10. The third-order valence-corrected chi connectivity index (χ3v) is 2.10. The average Bonchev–Trinajstić information content (AvgIpc) is 2.35. The maximum Gasteiger partial charge on any atom is 0.170 e. The number of carbonyl (C=O) groups is 2. The van der Waals surface area contributed by atoms with Crippen molar-refractivity contribution >= 4 is 17.9 Å². The van der Waals surface area contributed by atoms with Crippen LogP contribution in [0, 0.1) is 0 Å². The number of hydrogen-bond acceptors (Lipinski definition) is 4. The van der Waals surface area contributed by atoms with Crippen molar-refractivity contribution in [1.29, 1.82) is 0 Å². The number of ketones is 1. The number of nitrogens with zero attached hydrogens (tertiary/aromatic N) is 1. The van der Waals surface area contributed by atoms with E-state index >= 15 is 0 Å². The number of oxime groups is 1. The summed E-state index contributed by atoms with van der Waals surface area (Å²) >= 11 is 0. The standard InChI is InChI=1S/C11H12N2O3/c12-11(13-16)9-5-2-1-4-8(9)10(15)6-3-7-14/h1-2,4-5,7,16H,3,6H2,(H2,12,13). The van der Waals surface area contributed by atoms with Crippen LogP contribution in [-0.4, -0.2) is 23.1 Å². The zero-order chi connectivity index (χ0) is 12.0. The molecular formula is C11H12N2O3. The van der Waals surface area contributed by atoms with Gasteiger partial charge in [-0.05, 0) is 0 Å². The number of hydrogen-bond donors (Lipinski definition) is 2. The van der Waals surface area contributed by atoms with Crippen LogP contribution in [0.25, 0.3) is 0 Å². The van der Waals surface area contributed by atoms with E-state index < -0.39 is 0 Å². The SMILES string of the molecule is N/C(=N/O)c1ccccc1C(=O)CCC=O. The molecule has 0 atom stereocenters. The summed E-state index contributed by atoms with van der Waals surface area (Å²) in [5, 5.41) is 11.4. The van der Waals surface area contributed by atoms with Crippen molar-refractivity contribution in [3.63, 3.8) is 0 Å². The summed E-state index contributed by atoms with van der Waals surface area (Å²) < 4.78 is 0. The van der Waals surface area contributed by atoms with Crippen molar-refractivity contribution in [2.24, 2.45) is 10.9 Å². The quantitative estimate of drug-likeness (QED) is 0.193. The Morgan fingerprint density at radius 1 is 1.38 bits per heavy atom. The second-order valence-corrected chi connectivity index (χ2v) is 3.16. The number of aldehydes is 1. The van der Waals surface area contributed by atoms with Crippen molar-refractivity contribution in [2.75, 3.05) is 0 Å². The Kier molecular flexibility index (Phi) is 4.20. The first kappa shape index (κ1) is 11.9. The highest BCUT2D eigenvalue weighted by Crippen LogP contribution is 2.11. The third kappa shape index (κ3) is 2.66.